The molecule has 3 heteroatoms. The SMILES string of the molecule is Cc1ccc(OCc2ccccc2C(=N)N)cc1. The first-order valence-electron chi connectivity index (χ1n) is 5.78. The van der Waals surface area contributed by atoms with Crippen molar-refractivity contribution in [2.24, 2.45) is 5.73 Å². The Morgan fingerprint density at radius 1 is 1.11 bits per heavy atom. The highest BCUT2D eigenvalue weighted by Gasteiger charge is 2.04. The van der Waals surface area contributed by atoms with Crippen LogP contribution in [0, 0.1) is 12.3 Å². The van der Waals surface area contributed by atoms with Crippen LogP contribution in [-0.2, 0) is 6.61 Å². The van der Waals surface area contributed by atoms with Crippen molar-refractivity contribution in [1.82, 2.24) is 0 Å². The Kier molecular flexibility index (Phi) is 3.63. The van der Waals surface area contributed by atoms with Gasteiger partial charge in [0.1, 0.15) is 18.2 Å². The van der Waals surface area contributed by atoms with E-state index in [0.29, 0.717) is 6.61 Å². The third kappa shape index (κ3) is 2.88. The number of benzene rings is 2. The van der Waals surface area contributed by atoms with Crippen LogP contribution in [0.5, 0.6) is 5.75 Å². The minimum absolute atomic E-state index is 0.0677. The molecule has 0 aliphatic rings. The third-order valence-electron chi connectivity index (χ3n) is 2.72. The lowest BCUT2D eigenvalue weighted by molar-refractivity contribution is 0.306. The fourth-order valence-electron chi connectivity index (χ4n) is 1.70. The summed E-state index contributed by atoms with van der Waals surface area (Å²) in [6, 6.07) is 15.4. The van der Waals surface area contributed by atoms with E-state index in [1.807, 2.05) is 55.5 Å². The molecule has 0 fully saturated rings. The van der Waals surface area contributed by atoms with Crippen molar-refractivity contribution in [2.45, 2.75) is 13.5 Å². The maximum absolute atomic E-state index is 7.51. The minimum atomic E-state index is 0.0677. The Balaban J connectivity index is 2.10. The highest BCUT2D eigenvalue weighted by molar-refractivity contribution is 5.96. The molecular formula is C15H16N2O. The molecule has 2 aromatic rings. The van der Waals surface area contributed by atoms with Gasteiger partial charge in [0.2, 0.25) is 0 Å². The maximum atomic E-state index is 7.51. The molecule has 2 aromatic carbocycles. The average Bonchev–Trinajstić information content (AvgIpc) is 2.38. The summed E-state index contributed by atoms with van der Waals surface area (Å²) in [4.78, 5) is 0. The van der Waals surface area contributed by atoms with Gasteiger partial charge in [-0.25, -0.2) is 0 Å². The summed E-state index contributed by atoms with van der Waals surface area (Å²) in [5.74, 6) is 0.886. The third-order valence-corrected chi connectivity index (χ3v) is 2.72. The van der Waals surface area contributed by atoms with E-state index in [4.69, 9.17) is 15.9 Å². The van der Waals surface area contributed by atoms with Gasteiger partial charge in [0.05, 0.1) is 0 Å². The van der Waals surface area contributed by atoms with E-state index in [1.54, 1.807) is 0 Å². The second kappa shape index (κ2) is 5.36. The van der Waals surface area contributed by atoms with Crippen molar-refractivity contribution in [3.05, 3.63) is 65.2 Å². The summed E-state index contributed by atoms with van der Waals surface area (Å²) in [6.45, 7) is 2.45. The number of nitrogen functional groups attached to an aromatic ring is 1. The zero-order chi connectivity index (χ0) is 13.0. The molecule has 92 valence electrons. The molecule has 0 saturated carbocycles. The summed E-state index contributed by atoms with van der Waals surface area (Å²) >= 11 is 0. The van der Waals surface area contributed by atoms with E-state index >= 15 is 0 Å². The number of hydrogen-bond donors (Lipinski definition) is 2. The number of rotatable bonds is 4. The largest absolute Gasteiger partial charge is 0.489 e. The standard InChI is InChI=1S/C15H16N2O/c1-11-6-8-13(9-7-11)18-10-12-4-2-3-5-14(12)15(16)17/h2-9H,10H2,1H3,(H3,16,17). The highest BCUT2D eigenvalue weighted by Crippen LogP contribution is 2.15. The fraction of sp³-hybridized carbons (Fsp3) is 0.133. The molecule has 0 heterocycles. The smallest absolute Gasteiger partial charge is 0.123 e. The Bertz CT molecular complexity index is 547. The first-order valence-corrected chi connectivity index (χ1v) is 5.78. The van der Waals surface area contributed by atoms with E-state index in [0.717, 1.165) is 16.9 Å². The van der Waals surface area contributed by atoms with E-state index < -0.39 is 0 Å². The molecule has 18 heavy (non-hydrogen) atoms. The van der Waals surface area contributed by atoms with Gasteiger partial charge in [0, 0.05) is 11.1 Å². The Morgan fingerprint density at radius 3 is 2.44 bits per heavy atom. The van der Waals surface area contributed by atoms with Gasteiger partial charge in [-0.3, -0.25) is 5.41 Å². The molecule has 2 rings (SSSR count). The van der Waals surface area contributed by atoms with Gasteiger partial charge in [-0.15, -0.1) is 0 Å². The number of nitrogens with two attached hydrogens (primary N) is 1. The van der Waals surface area contributed by atoms with Gasteiger partial charge in [0.15, 0.2) is 0 Å². The molecular weight excluding hydrogens is 224 g/mol. The number of nitrogens with one attached hydrogen (secondary N) is 1. The van der Waals surface area contributed by atoms with Crippen molar-refractivity contribution in [3.8, 4) is 5.75 Å². The van der Waals surface area contributed by atoms with Gasteiger partial charge in [-0.2, -0.15) is 0 Å². The molecule has 0 aromatic heterocycles. The van der Waals surface area contributed by atoms with Crippen molar-refractivity contribution < 1.29 is 4.74 Å². The first kappa shape index (κ1) is 12.2. The first-order chi connectivity index (χ1) is 8.66. The average molecular weight is 240 g/mol. The van der Waals surface area contributed by atoms with Crippen molar-refractivity contribution in [1.29, 1.82) is 5.41 Å². The summed E-state index contributed by atoms with van der Waals surface area (Å²) in [6.07, 6.45) is 0. The number of amidine groups is 1. The molecule has 0 saturated heterocycles. The molecule has 3 nitrogen and oxygen atoms in total. The van der Waals surface area contributed by atoms with Crippen LogP contribution in [0.3, 0.4) is 0 Å². The molecule has 0 spiro atoms. The Labute approximate surface area is 107 Å². The van der Waals surface area contributed by atoms with Crippen molar-refractivity contribution in [2.75, 3.05) is 0 Å². The molecule has 0 amide bonds. The minimum Gasteiger partial charge on any atom is -0.489 e. The monoisotopic (exact) mass is 240 g/mol. The van der Waals surface area contributed by atoms with Crippen LogP contribution >= 0.6 is 0 Å². The van der Waals surface area contributed by atoms with Crippen molar-refractivity contribution >= 4 is 5.84 Å². The van der Waals surface area contributed by atoms with Gasteiger partial charge >= 0.3 is 0 Å². The van der Waals surface area contributed by atoms with Crippen molar-refractivity contribution in [3.63, 3.8) is 0 Å². The van der Waals surface area contributed by atoms with E-state index in [9.17, 15) is 0 Å². The topological polar surface area (TPSA) is 59.1 Å². The van der Waals surface area contributed by atoms with Crippen LogP contribution < -0.4 is 10.5 Å². The van der Waals surface area contributed by atoms with Crippen LogP contribution in [0.1, 0.15) is 16.7 Å². The maximum Gasteiger partial charge on any atom is 0.123 e. The highest BCUT2D eigenvalue weighted by atomic mass is 16.5. The quantitative estimate of drug-likeness (QED) is 0.637. The van der Waals surface area contributed by atoms with Crippen LogP contribution in [0.15, 0.2) is 48.5 Å². The number of ether oxygens (including phenoxy) is 1. The molecule has 0 unspecified atom stereocenters. The summed E-state index contributed by atoms with van der Waals surface area (Å²) in [7, 11) is 0. The summed E-state index contributed by atoms with van der Waals surface area (Å²) in [5.41, 5.74) is 8.38. The molecule has 3 N–H and O–H groups in total. The zero-order valence-electron chi connectivity index (χ0n) is 10.3. The zero-order valence-corrected chi connectivity index (χ0v) is 10.3. The predicted octanol–water partition coefficient (Wildman–Crippen LogP) is 2.86. The second-order valence-electron chi connectivity index (χ2n) is 4.17. The van der Waals surface area contributed by atoms with Crippen LogP contribution in [0.25, 0.3) is 0 Å². The van der Waals surface area contributed by atoms with Crippen LogP contribution in [0.4, 0.5) is 0 Å². The van der Waals surface area contributed by atoms with E-state index in [1.165, 1.54) is 5.56 Å². The van der Waals surface area contributed by atoms with E-state index in [2.05, 4.69) is 0 Å². The normalized spacial score (nSPS) is 10.1. The van der Waals surface area contributed by atoms with Gasteiger partial charge in [-0.1, -0.05) is 42.0 Å². The molecule has 0 radical (unpaired) electrons. The Morgan fingerprint density at radius 2 is 1.78 bits per heavy atom. The number of aryl methyl sites for hydroxylation is 1. The Hall–Kier alpha value is -2.29. The van der Waals surface area contributed by atoms with Gasteiger partial charge in [-0.05, 0) is 19.1 Å². The summed E-state index contributed by atoms with van der Waals surface area (Å²) < 4.78 is 5.69. The van der Waals surface area contributed by atoms with Gasteiger partial charge in [0.25, 0.3) is 0 Å². The molecule has 0 aliphatic heterocycles. The predicted molar refractivity (Wildman–Crippen MR) is 73.0 cm³/mol. The van der Waals surface area contributed by atoms with Crippen LogP contribution in [-0.4, -0.2) is 5.84 Å². The van der Waals surface area contributed by atoms with E-state index in [-0.39, 0.29) is 5.84 Å². The van der Waals surface area contributed by atoms with Crippen LogP contribution in [0.2, 0.25) is 0 Å². The lowest BCUT2D eigenvalue weighted by Gasteiger charge is -2.10. The molecule has 0 aliphatic carbocycles. The molecule has 0 bridgehead atoms. The fourth-order valence-corrected chi connectivity index (χ4v) is 1.70. The lowest BCUT2D eigenvalue weighted by atomic mass is 10.1. The second-order valence-corrected chi connectivity index (χ2v) is 4.17. The number of hydrogen-bond acceptors (Lipinski definition) is 2. The van der Waals surface area contributed by atoms with Gasteiger partial charge < -0.3 is 10.5 Å². The molecule has 0 atom stereocenters. The summed E-state index contributed by atoms with van der Waals surface area (Å²) in [5, 5.41) is 7.51. The lowest BCUT2D eigenvalue weighted by Crippen LogP contribution is -2.14.